The van der Waals surface area contributed by atoms with Crippen molar-refractivity contribution in [2.75, 3.05) is 25.0 Å². The lowest BCUT2D eigenvalue weighted by molar-refractivity contribution is -0.112. The van der Waals surface area contributed by atoms with E-state index in [2.05, 4.69) is 20.2 Å². The van der Waals surface area contributed by atoms with E-state index in [9.17, 15) is 9.59 Å². The molecule has 0 bridgehead atoms. The van der Waals surface area contributed by atoms with Gasteiger partial charge in [-0.2, -0.15) is 0 Å². The Morgan fingerprint density at radius 1 is 1.24 bits per heavy atom. The second kappa shape index (κ2) is 8.58. The molecule has 1 fully saturated rings. The maximum absolute atomic E-state index is 12.2. The maximum Gasteiger partial charge on any atom is 0.255 e. The van der Waals surface area contributed by atoms with Crippen molar-refractivity contribution in [1.82, 2.24) is 14.9 Å². The molecule has 3 rings (SSSR count). The van der Waals surface area contributed by atoms with Crippen molar-refractivity contribution in [2.24, 2.45) is 5.92 Å². The first-order valence-electron chi connectivity index (χ1n) is 8.78. The smallest absolute Gasteiger partial charge is 0.255 e. The zero-order valence-electron chi connectivity index (χ0n) is 14.3. The number of hydrogen-bond donors (Lipinski definition) is 2. The fraction of sp³-hybridized carbons (Fsp3) is 0.421. The summed E-state index contributed by atoms with van der Waals surface area (Å²) in [6, 6.07) is 9.97. The molecule has 1 aliphatic heterocycles. The number of nitrogens with one attached hydrogen (secondary N) is 2. The Kier molecular flexibility index (Phi) is 5.95. The molecule has 25 heavy (non-hydrogen) atoms. The predicted molar refractivity (Wildman–Crippen MR) is 97.6 cm³/mol. The summed E-state index contributed by atoms with van der Waals surface area (Å²) in [6.45, 7) is 3.29. The Labute approximate surface area is 147 Å². The van der Waals surface area contributed by atoms with E-state index < -0.39 is 0 Å². The molecule has 6 nitrogen and oxygen atoms in total. The highest BCUT2D eigenvalue weighted by Crippen LogP contribution is 2.14. The van der Waals surface area contributed by atoms with Crippen LogP contribution in [0.1, 0.15) is 24.0 Å². The van der Waals surface area contributed by atoms with E-state index in [4.69, 9.17) is 0 Å². The van der Waals surface area contributed by atoms with Gasteiger partial charge in [0.05, 0.1) is 0 Å². The van der Waals surface area contributed by atoms with Crippen LogP contribution in [0.4, 0.5) is 5.95 Å². The highest BCUT2D eigenvalue weighted by atomic mass is 16.1. The molecule has 0 atom stereocenters. The number of benzene rings is 1. The van der Waals surface area contributed by atoms with E-state index in [1.54, 1.807) is 6.20 Å². The Bertz CT molecular complexity index is 737. The highest BCUT2D eigenvalue weighted by molar-refractivity contribution is 5.53. The van der Waals surface area contributed by atoms with Crippen LogP contribution in [0.25, 0.3) is 0 Å². The second-order valence-electron chi connectivity index (χ2n) is 6.49. The molecule has 0 unspecified atom stereocenters. The minimum Gasteiger partial charge on any atom is -0.352 e. The van der Waals surface area contributed by atoms with Crippen molar-refractivity contribution in [1.29, 1.82) is 0 Å². The summed E-state index contributed by atoms with van der Waals surface area (Å²) in [5, 5.41) is 3.14. The van der Waals surface area contributed by atoms with Gasteiger partial charge in [-0.1, -0.05) is 30.3 Å². The van der Waals surface area contributed by atoms with Crippen LogP contribution in [0.15, 0.2) is 41.3 Å². The van der Waals surface area contributed by atoms with E-state index in [1.165, 1.54) is 0 Å². The Morgan fingerprint density at radius 3 is 2.68 bits per heavy atom. The number of carbonyl (C=O) groups excluding carboxylic acids is 1. The zero-order chi connectivity index (χ0) is 17.5. The van der Waals surface area contributed by atoms with E-state index in [0.717, 1.165) is 44.3 Å². The molecule has 2 heterocycles. The molecule has 2 N–H and O–H groups in total. The van der Waals surface area contributed by atoms with Crippen LogP contribution < -0.4 is 10.9 Å². The van der Waals surface area contributed by atoms with Crippen molar-refractivity contribution in [3.05, 3.63) is 58.0 Å². The molecule has 2 aromatic rings. The lowest BCUT2D eigenvalue weighted by atomic mass is 9.98. The number of piperidine rings is 1. The first-order valence-corrected chi connectivity index (χ1v) is 8.78. The molecule has 1 saturated heterocycles. The van der Waals surface area contributed by atoms with Crippen molar-refractivity contribution in [3.8, 4) is 0 Å². The van der Waals surface area contributed by atoms with Gasteiger partial charge < -0.3 is 15.0 Å². The Balaban J connectivity index is 1.50. The summed E-state index contributed by atoms with van der Waals surface area (Å²) in [5.74, 6) is 0.695. The van der Waals surface area contributed by atoms with E-state index in [-0.39, 0.29) is 11.5 Å². The number of aromatic nitrogens is 2. The van der Waals surface area contributed by atoms with Gasteiger partial charge in [0.1, 0.15) is 6.29 Å². The number of carbonyl (C=O) groups is 1. The summed E-state index contributed by atoms with van der Waals surface area (Å²) in [4.78, 5) is 32.4. The first kappa shape index (κ1) is 17.4. The molecular weight excluding hydrogens is 316 g/mol. The predicted octanol–water partition coefficient (Wildman–Crippen LogP) is 1.84. The van der Waals surface area contributed by atoms with Crippen LogP contribution in [-0.2, 0) is 17.8 Å². The van der Waals surface area contributed by atoms with Crippen LogP contribution in [0.2, 0.25) is 0 Å². The lowest BCUT2D eigenvalue weighted by Crippen LogP contribution is -2.36. The number of anilines is 1. The average molecular weight is 340 g/mol. The number of H-pyrrole nitrogens is 1. The maximum atomic E-state index is 12.2. The molecule has 1 aromatic heterocycles. The van der Waals surface area contributed by atoms with Crippen molar-refractivity contribution in [3.63, 3.8) is 0 Å². The fourth-order valence-corrected chi connectivity index (χ4v) is 3.06. The molecule has 0 radical (unpaired) electrons. The summed E-state index contributed by atoms with van der Waals surface area (Å²) in [5.41, 5.74) is 1.74. The molecule has 0 amide bonds. The van der Waals surface area contributed by atoms with Crippen LogP contribution in [0.3, 0.4) is 0 Å². The van der Waals surface area contributed by atoms with E-state index >= 15 is 0 Å². The number of aldehydes is 1. The minimum atomic E-state index is -0.0895. The standard InChI is InChI=1S/C19H24N4O2/c24-14-16-6-9-23(10-7-16)11-8-17-13-21-19(22-18(17)25)20-12-15-4-2-1-3-5-15/h1-5,13-14,16H,6-12H2,(H2,20,21,22,25). The first-order chi connectivity index (χ1) is 12.2. The van der Waals surface area contributed by atoms with E-state index in [0.29, 0.717) is 24.5 Å². The fourth-order valence-electron chi connectivity index (χ4n) is 3.06. The third-order valence-corrected chi connectivity index (χ3v) is 4.70. The zero-order valence-corrected chi connectivity index (χ0v) is 14.3. The Morgan fingerprint density at radius 2 is 2.00 bits per heavy atom. The summed E-state index contributed by atoms with van der Waals surface area (Å²) in [6.07, 6.45) is 5.23. The van der Waals surface area contributed by atoms with Crippen LogP contribution in [0, 0.1) is 5.92 Å². The lowest BCUT2D eigenvalue weighted by Gasteiger charge is -2.29. The largest absolute Gasteiger partial charge is 0.352 e. The molecule has 1 aromatic carbocycles. The van der Waals surface area contributed by atoms with Gasteiger partial charge in [-0.25, -0.2) is 4.98 Å². The molecule has 132 valence electrons. The van der Waals surface area contributed by atoms with Gasteiger partial charge in [0, 0.05) is 30.8 Å². The van der Waals surface area contributed by atoms with Gasteiger partial charge in [-0.15, -0.1) is 0 Å². The second-order valence-corrected chi connectivity index (χ2v) is 6.49. The summed E-state index contributed by atoms with van der Waals surface area (Å²) in [7, 11) is 0. The SMILES string of the molecule is O=CC1CCN(CCc2cnc(NCc3ccccc3)[nH]c2=O)CC1. The molecule has 6 heteroatoms. The van der Waals surface area contributed by atoms with Gasteiger partial charge in [-0.05, 0) is 37.9 Å². The monoisotopic (exact) mass is 340 g/mol. The van der Waals surface area contributed by atoms with Crippen LogP contribution in [0.5, 0.6) is 0 Å². The van der Waals surface area contributed by atoms with Gasteiger partial charge in [0.2, 0.25) is 5.95 Å². The highest BCUT2D eigenvalue weighted by Gasteiger charge is 2.18. The summed E-state index contributed by atoms with van der Waals surface area (Å²) >= 11 is 0. The summed E-state index contributed by atoms with van der Waals surface area (Å²) < 4.78 is 0. The molecule has 0 aliphatic carbocycles. The third kappa shape index (κ3) is 5.00. The number of hydrogen-bond acceptors (Lipinski definition) is 5. The number of nitrogens with zero attached hydrogens (tertiary/aromatic N) is 2. The molecule has 1 aliphatic rings. The van der Waals surface area contributed by atoms with Gasteiger partial charge in [0.15, 0.2) is 0 Å². The minimum absolute atomic E-state index is 0.0895. The van der Waals surface area contributed by atoms with E-state index in [1.807, 2.05) is 30.3 Å². The van der Waals surface area contributed by atoms with Crippen LogP contribution >= 0.6 is 0 Å². The normalized spacial score (nSPS) is 15.8. The van der Waals surface area contributed by atoms with Gasteiger partial charge in [0.25, 0.3) is 5.56 Å². The quantitative estimate of drug-likeness (QED) is 0.752. The number of likely N-dealkylation sites (tertiary alicyclic amines) is 1. The number of aromatic amines is 1. The molecular formula is C19H24N4O2. The molecule has 0 spiro atoms. The van der Waals surface area contributed by atoms with Gasteiger partial charge >= 0.3 is 0 Å². The number of rotatable bonds is 7. The Hall–Kier alpha value is -2.47. The van der Waals surface area contributed by atoms with Gasteiger partial charge in [-0.3, -0.25) is 9.78 Å². The van der Waals surface area contributed by atoms with Crippen LogP contribution in [-0.4, -0.2) is 40.8 Å². The van der Waals surface area contributed by atoms with Crippen molar-refractivity contribution in [2.45, 2.75) is 25.8 Å². The van der Waals surface area contributed by atoms with Crippen molar-refractivity contribution >= 4 is 12.2 Å². The van der Waals surface area contributed by atoms with Crippen molar-refractivity contribution < 1.29 is 4.79 Å². The topological polar surface area (TPSA) is 78.1 Å². The third-order valence-electron chi connectivity index (χ3n) is 4.70. The molecule has 0 saturated carbocycles. The average Bonchev–Trinajstić information content (AvgIpc) is 2.67.